The molecule has 0 aromatic rings. The minimum atomic E-state index is -0.208. The summed E-state index contributed by atoms with van der Waals surface area (Å²) in [5.41, 5.74) is -0.208. The fraction of sp³-hybridized carbons (Fsp3) is 0.867. The predicted octanol–water partition coefficient (Wildman–Crippen LogP) is 2.33. The molecule has 0 bridgehead atoms. The van der Waals surface area contributed by atoms with Gasteiger partial charge in [-0.15, -0.1) is 0 Å². The lowest BCUT2D eigenvalue weighted by atomic mass is 10.1. The summed E-state index contributed by atoms with van der Waals surface area (Å²) in [5.74, 6) is 0.225. The van der Waals surface area contributed by atoms with Crippen LogP contribution in [-0.4, -0.2) is 34.3 Å². The van der Waals surface area contributed by atoms with Crippen molar-refractivity contribution in [3.05, 3.63) is 0 Å². The molecule has 19 heavy (non-hydrogen) atoms. The molecule has 110 valence electrons. The van der Waals surface area contributed by atoms with Crippen molar-refractivity contribution >= 4 is 11.8 Å². The first kappa shape index (κ1) is 16.0. The average molecular weight is 268 g/mol. The molecule has 1 aliphatic rings. The Hall–Kier alpha value is -1.06. The summed E-state index contributed by atoms with van der Waals surface area (Å²) < 4.78 is 0. The first-order valence-corrected chi connectivity index (χ1v) is 7.30. The van der Waals surface area contributed by atoms with Gasteiger partial charge >= 0.3 is 0 Å². The SMILES string of the molecule is CCCC(=O)N(C(C)C)[C@@H]1C[C@H]1C(=O)NC(C)(C)C. The van der Waals surface area contributed by atoms with Gasteiger partial charge in [0.05, 0.1) is 5.92 Å². The van der Waals surface area contributed by atoms with Crippen LogP contribution in [-0.2, 0) is 9.59 Å². The summed E-state index contributed by atoms with van der Waals surface area (Å²) in [4.78, 5) is 26.1. The second kappa shape index (κ2) is 5.93. The molecule has 0 saturated heterocycles. The molecule has 1 rings (SSSR count). The Kier molecular flexibility index (Phi) is 4.99. The predicted molar refractivity (Wildman–Crippen MR) is 76.7 cm³/mol. The molecule has 0 heterocycles. The molecule has 1 aliphatic carbocycles. The zero-order chi connectivity index (χ0) is 14.8. The Morgan fingerprint density at radius 1 is 1.32 bits per heavy atom. The number of hydrogen-bond donors (Lipinski definition) is 1. The van der Waals surface area contributed by atoms with Gasteiger partial charge in [0, 0.05) is 24.0 Å². The molecule has 0 aromatic carbocycles. The first-order chi connectivity index (χ1) is 8.67. The van der Waals surface area contributed by atoms with Crippen LogP contribution in [0.2, 0.25) is 0 Å². The topological polar surface area (TPSA) is 49.4 Å². The molecule has 0 aromatic heterocycles. The van der Waals surface area contributed by atoms with Crippen molar-refractivity contribution in [3.63, 3.8) is 0 Å². The number of hydrogen-bond acceptors (Lipinski definition) is 2. The van der Waals surface area contributed by atoms with Crippen LogP contribution in [0.4, 0.5) is 0 Å². The Balaban J connectivity index is 2.62. The van der Waals surface area contributed by atoms with Crippen LogP contribution in [0.15, 0.2) is 0 Å². The number of carbonyl (C=O) groups is 2. The fourth-order valence-electron chi connectivity index (χ4n) is 2.43. The number of amides is 2. The van der Waals surface area contributed by atoms with E-state index in [1.165, 1.54) is 0 Å². The Morgan fingerprint density at radius 2 is 1.89 bits per heavy atom. The lowest BCUT2D eigenvalue weighted by Crippen LogP contribution is -2.44. The van der Waals surface area contributed by atoms with Crippen molar-refractivity contribution in [1.29, 1.82) is 0 Å². The van der Waals surface area contributed by atoms with Crippen molar-refractivity contribution in [2.45, 2.75) is 78.4 Å². The van der Waals surface area contributed by atoms with Gasteiger partial charge in [-0.3, -0.25) is 9.59 Å². The van der Waals surface area contributed by atoms with Crippen LogP contribution < -0.4 is 5.32 Å². The van der Waals surface area contributed by atoms with Crippen molar-refractivity contribution in [2.75, 3.05) is 0 Å². The van der Waals surface area contributed by atoms with E-state index in [0.29, 0.717) is 6.42 Å². The molecule has 1 fully saturated rings. The molecule has 1 N–H and O–H groups in total. The van der Waals surface area contributed by atoms with Gasteiger partial charge in [0.15, 0.2) is 0 Å². The van der Waals surface area contributed by atoms with Crippen LogP contribution >= 0.6 is 0 Å². The van der Waals surface area contributed by atoms with Gasteiger partial charge in [0.25, 0.3) is 0 Å². The van der Waals surface area contributed by atoms with Crippen molar-refractivity contribution < 1.29 is 9.59 Å². The molecule has 0 spiro atoms. The van der Waals surface area contributed by atoms with Crippen LogP contribution in [0.25, 0.3) is 0 Å². The number of nitrogens with zero attached hydrogens (tertiary/aromatic N) is 1. The van der Waals surface area contributed by atoms with Crippen molar-refractivity contribution in [1.82, 2.24) is 10.2 Å². The highest BCUT2D eigenvalue weighted by molar-refractivity contribution is 5.85. The molecule has 0 unspecified atom stereocenters. The molecular formula is C15H28N2O2. The van der Waals surface area contributed by atoms with E-state index >= 15 is 0 Å². The Bertz CT molecular complexity index is 345. The Morgan fingerprint density at radius 3 is 2.32 bits per heavy atom. The number of nitrogens with one attached hydrogen (secondary N) is 1. The van der Waals surface area contributed by atoms with Gasteiger partial charge in [-0.05, 0) is 47.5 Å². The Labute approximate surface area is 116 Å². The maximum absolute atomic E-state index is 12.1. The van der Waals surface area contributed by atoms with Crippen LogP contribution in [0.1, 0.15) is 60.8 Å². The maximum atomic E-state index is 12.1. The second-order valence-electron chi connectivity index (χ2n) is 6.79. The van der Waals surface area contributed by atoms with Crippen LogP contribution in [0.5, 0.6) is 0 Å². The summed E-state index contributed by atoms with van der Waals surface area (Å²) in [7, 11) is 0. The van der Waals surface area contributed by atoms with E-state index in [0.717, 1.165) is 12.8 Å². The van der Waals surface area contributed by atoms with E-state index < -0.39 is 0 Å². The van der Waals surface area contributed by atoms with E-state index in [9.17, 15) is 9.59 Å². The summed E-state index contributed by atoms with van der Waals surface area (Å²) in [5, 5.41) is 3.00. The van der Waals surface area contributed by atoms with E-state index in [4.69, 9.17) is 0 Å². The van der Waals surface area contributed by atoms with E-state index in [-0.39, 0.29) is 35.4 Å². The van der Waals surface area contributed by atoms with Gasteiger partial charge in [-0.2, -0.15) is 0 Å². The van der Waals surface area contributed by atoms with Crippen LogP contribution in [0.3, 0.4) is 0 Å². The van der Waals surface area contributed by atoms with E-state index in [1.807, 2.05) is 46.4 Å². The normalized spacial score (nSPS) is 22.3. The average Bonchev–Trinajstić information content (AvgIpc) is 2.94. The highest BCUT2D eigenvalue weighted by Gasteiger charge is 2.49. The largest absolute Gasteiger partial charge is 0.351 e. The highest BCUT2D eigenvalue weighted by Crippen LogP contribution is 2.38. The lowest BCUT2D eigenvalue weighted by Gasteiger charge is -2.28. The summed E-state index contributed by atoms with van der Waals surface area (Å²) >= 11 is 0. The molecule has 1 saturated carbocycles. The first-order valence-electron chi connectivity index (χ1n) is 7.30. The molecule has 4 nitrogen and oxygen atoms in total. The standard InChI is InChI=1S/C15H28N2O2/c1-7-8-13(18)17(10(2)3)12-9-11(12)14(19)16-15(4,5)6/h10-12H,7-9H2,1-6H3,(H,16,19)/t11-,12-/m1/s1. The summed E-state index contributed by atoms with van der Waals surface area (Å²) in [6.07, 6.45) is 2.23. The molecule has 2 amide bonds. The molecule has 2 atom stereocenters. The summed E-state index contributed by atoms with van der Waals surface area (Å²) in [6, 6.07) is 0.262. The molecule has 0 radical (unpaired) electrons. The van der Waals surface area contributed by atoms with Crippen molar-refractivity contribution in [2.24, 2.45) is 5.92 Å². The van der Waals surface area contributed by atoms with Crippen LogP contribution in [0, 0.1) is 5.92 Å². The third kappa shape index (κ3) is 4.51. The number of carbonyl (C=O) groups excluding carboxylic acids is 2. The van der Waals surface area contributed by atoms with Gasteiger partial charge < -0.3 is 10.2 Å². The minimum Gasteiger partial charge on any atom is -0.351 e. The lowest BCUT2D eigenvalue weighted by molar-refractivity contribution is -0.134. The molecule has 4 heteroatoms. The smallest absolute Gasteiger partial charge is 0.225 e. The third-order valence-corrected chi connectivity index (χ3v) is 3.26. The summed E-state index contributed by atoms with van der Waals surface area (Å²) in [6.45, 7) is 12.0. The zero-order valence-corrected chi connectivity index (χ0v) is 13.1. The maximum Gasteiger partial charge on any atom is 0.225 e. The highest BCUT2D eigenvalue weighted by atomic mass is 16.2. The van der Waals surface area contributed by atoms with E-state index in [2.05, 4.69) is 5.32 Å². The quantitative estimate of drug-likeness (QED) is 0.832. The van der Waals surface area contributed by atoms with Gasteiger partial charge in [-0.25, -0.2) is 0 Å². The fourth-order valence-corrected chi connectivity index (χ4v) is 2.43. The van der Waals surface area contributed by atoms with Gasteiger partial charge in [-0.1, -0.05) is 6.92 Å². The van der Waals surface area contributed by atoms with Crippen molar-refractivity contribution in [3.8, 4) is 0 Å². The monoisotopic (exact) mass is 268 g/mol. The van der Waals surface area contributed by atoms with E-state index in [1.54, 1.807) is 0 Å². The van der Waals surface area contributed by atoms with Gasteiger partial charge in [0.1, 0.15) is 0 Å². The molecular weight excluding hydrogens is 240 g/mol. The number of rotatable bonds is 5. The molecule has 0 aliphatic heterocycles. The minimum absolute atomic E-state index is 0.0255. The zero-order valence-electron chi connectivity index (χ0n) is 13.1. The van der Waals surface area contributed by atoms with Gasteiger partial charge in [0.2, 0.25) is 11.8 Å². The third-order valence-electron chi connectivity index (χ3n) is 3.26. The second-order valence-corrected chi connectivity index (χ2v) is 6.79.